The molecular weight excluding hydrogens is 112 g/mol. The number of fused-ring (bicyclic) bond motifs is 2. The Bertz CT molecular complexity index is 131. The Morgan fingerprint density at radius 2 is 2.44 bits per heavy atom. The van der Waals surface area contributed by atoms with Crippen molar-refractivity contribution in [3.8, 4) is 0 Å². The molecule has 2 rings (SSSR count). The molecule has 0 spiro atoms. The van der Waals surface area contributed by atoms with Crippen LogP contribution in [0.15, 0.2) is 4.99 Å². The first-order chi connectivity index (χ1) is 4.45. The molecule has 1 N–H and O–H groups in total. The van der Waals surface area contributed by atoms with Crippen LogP contribution < -0.4 is 5.32 Å². The summed E-state index contributed by atoms with van der Waals surface area (Å²) in [5, 5.41) is 3.50. The third-order valence-electron chi connectivity index (χ3n) is 2.13. The van der Waals surface area contributed by atoms with Gasteiger partial charge in [-0.25, -0.2) is 0 Å². The zero-order valence-electron chi connectivity index (χ0n) is 5.51. The molecule has 0 aliphatic carbocycles. The molecule has 50 valence electrons. The molecule has 1 fully saturated rings. The third kappa shape index (κ3) is 0.990. The van der Waals surface area contributed by atoms with Gasteiger partial charge in [0.05, 0.1) is 6.54 Å². The van der Waals surface area contributed by atoms with E-state index >= 15 is 0 Å². The molecule has 2 heteroatoms. The lowest BCUT2D eigenvalue weighted by atomic mass is 9.97. The normalized spacial score (nSPS) is 40.9. The van der Waals surface area contributed by atoms with Crippen molar-refractivity contribution in [1.82, 2.24) is 5.32 Å². The average molecular weight is 124 g/mol. The highest BCUT2D eigenvalue weighted by molar-refractivity contribution is 5.65. The summed E-state index contributed by atoms with van der Waals surface area (Å²) < 4.78 is 0. The van der Waals surface area contributed by atoms with E-state index in [4.69, 9.17) is 0 Å². The lowest BCUT2D eigenvalue weighted by Gasteiger charge is -2.31. The molecule has 0 radical (unpaired) electrons. The molecule has 2 aliphatic heterocycles. The zero-order valence-corrected chi connectivity index (χ0v) is 5.51. The lowest BCUT2D eigenvalue weighted by Crippen LogP contribution is -2.47. The van der Waals surface area contributed by atoms with Crippen molar-refractivity contribution >= 4 is 6.21 Å². The van der Waals surface area contributed by atoms with Crippen molar-refractivity contribution in [2.45, 2.75) is 31.3 Å². The highest BCUT2D eigenvalue weighted by Crippen LogP contribution is 2.14. The minimum absolute atomic E-state index is 0.609. The van der Waals surface area contributed by atoms with Crippen LogP contribution in [0.1, 0.15) is 19.3 Å². The molecule has 2 unspecified atom stereocenters. The van der Waals surface area contributed by atoms with Crippen LogP contribution in [0.2, 0.25) is 0 Å². The summed E-state index contributed by atoms with van der Waals surface area (Å²) in [6.45, 7) is 1.01. The van der Waals surface area contributed by atoms with Gasteiger partial charge in [-0.2, -0.15) is 0 Å². The second-order valence-corrected chi connectivity index (χ2v) is 2.92. The highest BCUT2D eigenvalue weighted by atomic mass is 15.0. The lowest BCUT2D eigenvalue weighted by molar-refractivity contribution is 0.363. The van der Waals surface area contributed by atoms with Crippen LogP contribution in [0, 0.1) is 0 Å². The number of aliphatic imine (C=N–C) groups is 1. The summed E-state index contributed by atoms with van der Waals surface area (Å²) in [6.07, 6.45) is 6.07. The number of piperidine rings is 1. The van der Waals surface area contributed by atoms with E-state index in [0.717, 1.165) is 6.54 Å². The maximum Gasteiger partial charge on any atom is 0.0539 e. The van der Waals surface area contributed by atoms with Gasteiger partial charge in [-0.15, -0.1) is 0 Å². The van der Waals surface area contributed by atoms with E-state index in [2.05, 4.69) is 16.5 Å². The van der Waals surface area contributed by atoms with Crippen molar-refractivity contribution in [3.63, 3.8) is 0 Å². The maximum atomic E-state index is 4.27. The van der Waals surface area contributed by atoms with Crippen molar-refractivity contribution in [1.29, 1.82) is 0 Å². The topological polar surface area (TPSA) is 24.4 Å². The van der Waals surface area contributed by atoms with Crippen LogP contribution in [0.5, 0.6) is 0 Å². The van der Waals surface area contributed by atoms with Gasteiger partial charge in [-0.3, -0.25) is 4.99 Å². The van der Waals surface area contributed by atoms with Crippen LogP contribution in [0.3, 0.4) is 0 Å². The molecule has 9 heavy (non-hydrogen) atoms. The van der Waals surface area contributed by atoms with Crippen molar-refractivity contribution < 1.29 is 0 Å². The van der Waals surface area contributed by atoms with E-state index in [-0.39, 0.29) is 0 Å². The molecule has 0 aromatic rings. The largest absolute Gasteiger partial charge is 0.304 e. The number of nitrogens with one attached hydrogen (secondary N) is 1. The summed E-state index contributed by atoms with van der Waals surface area (Å²) in [5.41, 5.74) is 0. The molecule has 0 aromatic heterocycles. The molecule has 2 nitrogen and oxygen atoms in total. The predicted octanol–water partition coefficient (Wildman–Crippen LogP) is 0.581. The standard InChI is InChI=1S/C7H12N2/c1-2-6-4-8-5-7(3-1)9-6/h4,6-7,9H,1-3,5H2. The van der Waals surface area contributed by atoms with E-state index in [1.54, 1.807) is 0 Å². The summed E-state index contributed by atoms with van der Waals surface area (Å²) in [4.78, 5) is 4.27. The average Bonchev–Trinajstić information content (AvgIpc) is 1.88. The summed E-state index contributed by atoms with van der Waals surface area (Å²) in [6, 6.07) is 1.31. The molecule has 1 saturated heterocycles. The Kier molecular flexibility index (Phi) is 1.27. The Hall–Kier alpha value is -0.370. The van der Waals surface area contributed by atoms with Gasteiger partial charge >= 0.3 is 0 Å². The van der Waals surface area contributed by atoms with Crippen LogP contribution in [-0.4, -0.2) is 24.8 Å². The summed E-state index contributed by atoms with van der Waals surface area (Å²) >= 11 is 0. The fourth-order valence-electron chi connectivity index (χ4n) is 1.63. The fraction of sp³-hybridized carbons (Fsp3) is 0.857. The van der Waals surface area contributed by atoms with Crippen molar-refractivity contribution in [3.05, 3.63) is 0 Å². The van der Waals surface area contributed by atoms with Crippen LogP contribution in [0.4, 0.5) is 0 Å². The minimum Gasteiger partial charge on any atom is -0.304 e. The van der Waals surface area contributed by atoms with Gasteiger partial charge in [0, 0.05) is 18.3 Å². The Morgan fingerprint density at radius 3 is 3.22 bits per heavy atom. The second-order valence-electron chi connectivity index (χ2n) is 2.92. The van der Waals surface area contributed by atoms with Crippen LogP contribution >= 0.6 is 0 Å². The summed E-state index contributed by atoms with van der Waals surface area (Å²) in [7, 11) is 0. The van der Waals surface area contributed by atoms with E-state index < -0.39 is 0 Å². The molecule has 2 heterocycles. The number of hydrogen-bond acceptors (Lipinski definition) is 2. The van der Waals surface area contributed by atoms with Crippen molar-refractivity contribution in [2.24, 2.45) is 4.99 Å². The Balaban J connectivity index is 2.09. The Morgan fingerprint density at radius 1 is 1.44 bits per heavy atom. The first-order valence-corrected chi connectivity index (χ1v) is 3.71. The van der Waals surface area contributed by atoms with E-state index in [1.807, 2.05) is 0 Å². The number of hydrogen-bond donors (Lipinski definition) is 1. The number of rotatable bonds is 0. The first kappa shape index (κ1) is 5.42. The van der Waals surface area contributed by atoms with Crippen LogP contribution in [-0.2, 0) is 0 Å². The van der Waals surface area contributed by atoms with Gasteiger partial charge in [0.15, 0.2) is 0 Å². The highest BCUT2D eigenvalue weighted by Gasteiger charge is 2.21. The molecular formula is C7H12N2. The van der Waals surface area contributed by atoms with E-state index in [0.29, 0.717) is 12.1 Å². The SMILES string of the molecule is C1=NCC2CCCC1N2. The van der Waals surface area contributed by atoms with Crippen molar-refractivity contribution in [2.75, 3.05) is 6.54 Å². The first-order valence-electron chi connectivity index (χ1n) is 3.71. The van der Waals surface area contributed by atoms with Gasteiger partial charge < -0.3 is 5.32 Å². The molecule has 2 aliphatic rings. The monoisotopic (exact) mass is 124 g/mol. The summed E-state index contributed by atoms with van der Waals surface area (Å²) in [5.74, 6) is 0. The molecule has 0 aromatic carbocycles. The molecule has 2 bridgehead atoms. The van der Waals surface area contributed by atoms with Gasteiger partial charge in [0.2, 0.25) is 0 Å². The smallest absolute Gasteiger partial charge is 0.0539 e. The molecule has 0 saturated carbocycles. The third-order valence-corrected chi connectivity index (χ3v) is 2.13. The maximum absolute atomic E-state index is 4.27. The predicted molar refractivity (Wildman–Crippen MR) is 37.9 cm³/mol. The molecule has 0 amide bonds. The zero-order chi connectivity index (χ0) is 6.10. The second kappa shape index (κ2) is 2.10. The van der Waals surface area contributed by atoms with Gasteiger partial charge in [0.1, 0.15) is 0 Å². The number of nitrogens with zero attached hydrogens (tertiary/aromatic N) is 1. The fourth-order valence-corrected chi connectivity index (χ4v) is 1.63. The van der Waals surface area contributed by atoms with E-state index in [9.17, 15) is 0 Å². The van der Waals surface area contributed by atoms with Crippen LogP contribution in [0.25, 0.3) is 0 Å². The molecule has 2 atom stereocenters. The van der Waals surface area contributed by atoms with Gasteiger partial charge in [0.25, 0.3) is 0 Å². The quantitative estimate of drug-likeness (QED) is 0.502. The van der Waals surface area contributed by atoms with E-state index in [1.165, 1.54) is 19.3 Å². The minimum atomic E-state index is 0.609. The van der Waals surface area contributed by atoms with Gasteiger partial charge in [-0.05, 0) is 19.3 Å². The Labute approximate surface area is 55.4 Å². The van der Waals surface area contributed by atoms with Gasteiger partial charge in [-0.1, -0.05) is 0 Å².